The summed E-state index contributed by atoms with van der Waals surface area (Å²) in [4.78, 5) is 4.37. The lowest BCUT2D eigenvalue weighted by molar-refractivity contribution is 0.467. The van der Waals surface area contributed by atoms with Gasteiger partial charge in [-0.15, -0.1) is 11.3 Å². The minimum atomic E-state index is 0.0403. The molecule has 3 aromatic rings. The van der Waals surface area contributed by atoms with Crippen LogP contribution in [0.3, 0.4) is 0 Å². The molecule has 0 radical (unpaired) electrons. The Labute approximate surface area is 120 Å². The number of anilines is 1. The van der Waals surface area contributed by atoms with Gasteiger partial charge >= 0.3 is 0 Å². The van der Waals surface area contributed by atoms with Crippen molar-refractivity contribution < 1.29 is 4.42 Å². The molecular formula is C14H13ClN2OS. The van der Waals surface area contributed by atoms with Gasteiger partial charge in [0.25, 0.3) is 0 Å². The Balaban J connectivity index is 1.96. The van der Waals surface area contributed by atoms with E-state index in [0.717, 1.165) is 27.4 Å². The molecule has 0 saturated heterocycles. The number of fused-ring (bicyclic) bond motifs is 1. The molecule has 0 spiro atoms. The van der Waals surface area contributed by atoms with Gasteiger partial charge < -0.3 is 9.73 Å². The lowest BCUT2D eigenvalue weighted by Crippen LogP contribution is -2.06. The van der Waals surface area contributed by atoms with Crippen LogP contribution in [0, 0.1) is 6.92 Å². The van der Waals surface area contributed by atoms with Crippen LogP contribution in [0.5, 0.6) is 0 Å². The molecule has 19 heavy (non-hydrogen) atoms. The molecule has 0 bridgehead atoms. The van der Waals surface area contributed by atoms with Crippen molar-refractivity contribution in [3.05, 3.63) is 46.3 Å². The quantitative estimate of drug-likeness (QED) is 0.736. The smallest absolute Gasteiger partial charge is 0.126 e. The molecule has 2 aromatic heterocycles. The van der Waals surface area contributed by atoms with Crippen LogP contribution in [0.15, 0.2) is 34.2 Å². The first kappa shape index (κ1) is 12.5. The average molecular weight is 293 g/mol. The molecule has 1 aromatic carbocycles. The van der Waals surface area contributed by atoms with Crippen molar-refractivity contribution >= 4 is 38.8 Å². The summed E-state index contributed by atoms with van der Waals surface area (Å²) in [5.41, 5.74) is 3.60. The molecular weight excluding hydrogens is 280 g/mol. The van der Waals surface area contributed by atoms with Crippen LogP contribution in [0.2, 0.25) is 5.02 Å². The summed E-state index contributed by atoms with van der Waals surface area (Å²) in [6.45, 7) is 3.98. The van der Waals surface area contributed by atoms with Crippen molar-refractivity contribution in [2.45, 2.75) is 19.9 Å². The molecule has 5 heteroatoms. The van der Waals surface area contributed by atoms with E-state index in [1.807, 2.05) is 43.6 Å². The standard InChI is InChI=1S/C14H13ClN2OS/c1-8-3-5-11(18-8)9(2)17-13-10(15)4-6-12-14(13)16-7-19-12/h3-7,9,17H,1-2H3. The lowest BCUT2D eigenvalue weighted by Gasteiger charge is -2.14. The van der Waals surface area contributed by atoms with Crippen LogP contribution in [-0.4, -0.2) is 4.98 Å². The van der Waals surface area contributed by atoms with E-state index < -0.39 is 0 Å². The second-order valence-corrected chi connectivity index (χ2v) is 5.73. The first-order chi connectivity index (χ1) is 9.15. The van der Waals surface area contributed by atoms with E-state index in [2.05, 4.69) is 10.3 Å². The van der Waals surface area contributed by atoms with E-state index in [0.29, 0.717) is 5.02 Å². The second kappa shape index (κ2) is 4.87. The summed E-state index contributed by atoms with van der Waals surface area (Å²) in [7, 11) is 0. The van der Waals surface area contributed by atoms with Crippen molar-refractivity contribution in [3.63, 3.8) is 0 Å². The molecule has 3 nitrogen and oxygen atoms in total. The van der Waals surface area contributed by atoms with E-state index in [4.69, 9.17) is 16.0 Å². The largest absolute Gasteiger partial charge is 0.464 e. The van der Waals surface area contributed by atoms with Crippen molar-refractivity contribution in [3.8, 4) is 0 Å². The molecule has 0 fully saturated rings. The summed E-state index contributed by atoms with van der Waals surface area (Å²) in [5.74, 6) is 1.79. The van der Waals surface area contributed by atoms with Crippen molar-refractivity contribution in [1.29, 1.82) is 0 Å². The fourth-order valence-electron chi connectivity index (χ4n) is 2.02. The number of rotatable bonds is 3. The van der Waals surface area contributed by atoms with Gasteiger partial charge in [0.1, 0.15) is 17.0 Å². The number of halogens is 1. The molecule has 0 saturated carbocycles. The monoisotopic (exact) mass is 292 g/mol. The number of furan rings is 1. The number of benzene rings is 1. The fourth-order valence-corrected chi connectivity index (χ4v) is 2.91. The summed E-state index contributed by atoms with van der Waals surface area (Å²) in [6, 6.07) is 7.85. The molecule has 98 valence electrons. The predicted molar refractivity (Wildman–Crippen MR) is 80.1 cm³/mol. The number of aryl methyl sites for hydroxylation is 1. The Kier molecular flexibility index (Phi) is 3.21. The second-order valence-electron chi connectivity index (χ2n) is 4.44. The predicted octanol–water partition coefficient (Wildman–Crippen LogP) is 5.02. The van der Waals surface area contributed by atoms with E-state index >= 15 is 0 Å². The number of nitrogens with one attached hydrogen (secondary N) is 1. The fraction of sp³-hybridized carbons (Fsp3) is 0.214. The zero-order valence-corrected chi connectivity index (χ0v) is 12.2. The molecule has 0 aliphatic heterocycles. The van der Waals surface area contributed by atoms with Crippen LogP contribution in [0.4, 0.5) is 5.69 Å². The Hall–Kier alpha value is -1.52. The SMILES string of the molecule is Cc1ccc(C(C)Nc2c(Cl)ccc3scnc23)o1. The third kappa shape index (κ3) is 2.33. The van der Waals surface area contributed by atoms with Gasteiger partial charge in [0.2, 0.25) is 0 Å². The van der Waals surface area contributed by atoms with Gasteiger partial charge in [0.15, 0.2) is 0 Å². The van der Waals surface area contributed by atoms with Crippen molar-refractivity contribution in [2.75, 3.05) is 5.32 Å². The molecule has 1 unspecified atom stereocenters. The molecule has 3 rings (SSSR count). The van der Waals surface area contributed by atoms with Crippen molar-refractivity contribution in [2.24, 2.45) is 0 Å². The van der Waals surface area contributed by atoms with Gasteiger partial charge in [-0.3, -0.25) is 0 Å². The zero-order chi connectivity index (χ0) is 13.4. The molecule has 0 amide bonds. The minimum absolute atomic E-state index is 0.0403. The summed E-state index contributed by atoms with van der Waals surface area (Å²) in [6.07, 6.45) is 0. The van der Waals surface area contributed by atoms with Crippen molar-refractivity contribution in [1.82, 2.24) is 4.98 Å². The third-order valence-electron chi connectivity index (χ3n) is 3.00. The Morgan fingerprint density at radius 3 is 2.89 bits per heavy atom. The number of nitrogens with zero attached hydrogens (tertiary/aromatic N) is 1. The summed E-state index contributed by atoms with van der Waals surface area (Å²) in [5, 5.41) is 4.06. The summed E-state index contributed by atoms with van der Waals surface area (Å²) < 4.78 is 6.75. The van der Waals surface area contributed by atoms with Gasteiger partial charge in [0.05, 0.1) is 27.0 Å². The van der Waals surface area contributed by atoms with E-state index in [1.165, 1.54) is 0 Å². The van der Waals surface area contributed by atoms with Crippen LogP contribution >= 0.6 is 22.9 Å². The first-order valence-corrected chi connectivity index (χ1v) is 7.25. The lowest BCUT2D eigenvalue weighted by atomic mass is 10.2. The Morgan fingerprint density at radius 1 is 1.32 bits per heavy atom. The maximum absolute atomic E-state index is 6.27. The maximum atomic E-state index is 6.27. The number of hydrogen-bond acceptors (Lipinski definition) is 4. The Bertz CT molecular complexity index is 719. The zero-order valence-electron chi connectivity index (χ0n) is 10.6. The van der Waals surface area contributed by atoms with Gasteiger partial charge in [-0.1, -0.05) is 11.6 Å². The van der Waals surface area contributed by atoms with Crippen LogP contribution < -0.4 is 5.32 Å². The molecule has 1 atom stereocenters. The average Bonchev–Trinajstić information content (AvgIpc) is 3.01. The molecule has 1 N–H and O–H groups in total. The molecule has 2 heterocycles. The van der Waals surface area contributed by atoms with Crippen LogP contribution in [0.25, 0.3) is 10.2 Å². The maximum Gasteiger partial charge on any atom is 0.126 e. The van der Waals surface area contributed by atoms with E-state index in [1.54, 1.807) is 11.3 Å². The number of thiazole rings is 1. The van der Waals surface area contributed by atoms with Gasteiger partial charge in [0, 0.05) is 0 Å². The van der Waals surface area contributed by atoms with E-state index in [-0.39, 0.29) is 6.04 Å². The number of hydrogen-bond donors (Lipinski definition) is 1. The van der Waals surface area contributed by atoms with Gasteiger partial charge in [-0.2, -0.15) is 0 Å². The van der Waals surface area contributed by atoms with Crippen LogP contribution in [-0.2, 0) is 0 Å². The Morgan fingerprint density at radius 2 is 2.16 bits per heavy atom. The van der Waals surface area contributed by atoms with E-state index in [9.17, 15) is 0 Å². The summed E-state index contributed by atoms with van der Waals surface area (Å²) >= 11 is 7.87. The van der Waals surface area contributed by atoms with Crippen LogP contribution in [0.1, 0.15) is 24.5 Å². The highest BCUT2D eigenvalue weighted by molar-refractivity contribution is 7.16. The first-order valence-electron chi connectivity index (χ1n) is 5.99. The normalized spacial score (nSPS) is 12.8. The third-order valence-corrected chi connectivity index (χ3v) is 4.11. The topological polar surface area (TPSA) is 38.1 Å². The van der Waals surface area contributed by atoms with Gasteiger partial charge in [-0.05, 0) is 38.1 Å². The molecule has 0 aliphatic carbocycles. The highest BCUT2D eigenvalue weighted by atomic mass is 35.5. The van der Waals surface area contributed by atoms with Gasteiger partial charge in [-0.25, -0.2) is 4.98 Å². The highest BCUT2D eigenvalue weighted by Crippen LogP contribution is 2.34. The highest BCUT2D eigenvalue weighted by Gasteiger charge is 2.14. The minimum Gasteiger partial charge on any atom is -0.464 e. The number of aromatic nitrogens is 1. The molecule has 0 aliphatic rings.